The Balaban J connectivity index is 1.82. The molecule has 0 radical (unpaired) electrons. The van der Waals surface area contributed by atoms with Crippen LogP contribution in [0.4, 0.5) is 5.82 Å². The molecular formula is C15H17N7O. The van der Waals surface area contributed by atoms with E-state index in [2.05, 4.69) is 25.0 Å². The molecule has 0 aliphatic carbocycles. The topological polar surface area (TPSA) is 81.2 Å². The van der Waals surface area contributed by atoms with Crippen molar-refractivity contribution in [2.75, 3.05) is 11.4 Å². The molecular weight excluding hydrogens is 294 g/mol. The maximum absolute atomic E-state index is 12.5. The number of nitrogens with zero attached hydrogens (tertiary/aromatic N) is 7. The van der Waals surface area contributed by atoms with Gasteiger partial charge in [0.1, 0.15) is 18.0 Å². The first-order valence-corrected chi connectivity index (χ1v) is 7.52. The second-order valence-electron chi connectivity index (χ2n) is 5.85. The Hall–Kier alpha value is -2.77. The van der Waals surface area contributed by atoms with Crippen LogP contribution >= 0.6 is 0 Å². The molecule has 0 fully saturated rings. The minimum Gasteiger partial charge on any atom is -0.351 e. The van der Waals surface area contributed by atoms with E-state index >= 15 is 0 Å². The van der Waals surface area contributed by atoms with Gasteiger partial charge in [-0.15, -0.1) is 0 Å². The summed E-state index contributed by atoms with van der Waals surface area (Å²) in [6.45, 7) is 5.10. The van der Waals surface area contributed by atoms with Gasteiger partial charge in [0.25, 0.3) is 11.3 Å². The van der Waals surface area contributed by atoms with E-state index in [1.807, 2.05) is 19.9 Å². The van der Waals surface area contributed by atoms with Gasteiger partial charge in [-0.25, -0.2) is 9.97 Å². The Morgan fingerprint density at radius 1 is 1.22 bits per heavy atom. The SMILES string of the molecule is Cc1cc(N2CCc3nc(C)n(C)c(=O)c3C2)n2ncnc2n1. The van der Waals surface area contributed by atoms with Crippen LogP contribution in [0.15, 0.2) is 17.2 Å². The van der Waals surface area contributed by atoms with Gasteiger partial charge < -0.3 is 4.90 Å². The smallest absolute Gasteiger partial charge is 0.258 e. The molecule has 0 unspecified atom stereocenters. The van der Waals surface area contributed by atoms with Crippen LogP contribution in [-0.4, -0.2) is 35.7 Å². The molecule has 118 valence electrons. The van der Waals surface area contributed by atoms with Crippen LogP contribution in [0.3, 0.4) is 0 Å². The second-order valence-corrected chi connectivity index (χ2v) is 5.85. The Labute approximate surface area is 132 Å². The molecule has 0 bridgehead atoms. The first-order valence-electron chi connectivity index (χ1n) is 7.52. The highest BCUT2D eigenvalue weighted by atomic mass is 16.1. The number of aromatic nitrogens is 6. The Kier molecular flexibility index (Phi) is 2.93. The van der Waals surface area contributed by atoms with Crippen molar-refractivity contribution < 1.29 is 0 Å². The van der Waals surface area contributed by atoms with Gasteiger partial charge in [-0.3, -0.25) is 9.36 Å². The van der Waals surface area contributed by atoms with Gasteiger partial charge in [0, 0.05) is 31.8 Å². The lowest BCUT2D eigenvalue weighted by atomic mass is 10.1. The molecule has 0 saturated carbocycles. The number of anilines is 1. The predicted octanol–water partition coefficient (Wildman–Crippen LogP) is 0.398. The number of rotatable bonds is 1. The summed E-state index contributed by atoms with van der Waals surface area (Å²) >= 11 is 0. The summed E-state index contributed by atoms with van der Waals surface area (Å²) in [5.74, 6) is 2.22. The normalized spacial score (nSPS) is 14.3. The van der Waals surface area contributed by atoms with Crippen LogP contribution < -0.4 is 10.5 Å². The van der Waals surface area contributed by atoms with Gasteiger partial charge in [0.2, 0.25) is 0 Å². The van der Waals surface area contributed by atoms with Gasteiger partial charge >= 0.3 is 0 Å². The number of fused-ring (bicyclic) bond motifs is 2. The van der Waals surface area contributed by atoms with E-state index in [0.717, 1.165) is 41.6 Å². The molecule has 0 spiro atoms. The highest BCUT2D eigenvalue weighted by molar-refractivity contribution is 5.49. The lowest BCUT2D eigenvalue weighted by Gasteiger charge is -2.30. The van der Waals surface area contributed by atoms with Crippen molar-refractivity contribution in [3.63, 3.8) is 0 Å². The molecule has 0 saturated heterocycles. The molecule has 4 heterocycles. The van der Waals surface area contributed by atoms with Crippen molar-refractivity contribution in [2.24, 2.45) is 7.05 Å². The van der Waals surface area contributed by atoms with Crippen LogP contribution in [0.2, 0.25) is 0 Å². The van der Waals surface area contributed by atoms with Crippen molar-refractivity contribution >= 4 is 11.6 Å². The van der Waals surface area contributed by atoms with E-state index in [-0.39, 0.29) is 5.56 Å². The van der Waals surface area contributed by atoms with Gasteiger partial charge in [-0.05, 0) is 13.8 Å². The molecule has 0 aromatic carbocycles. The van der Waals surface area contributed by atoms with Crippen LogP contribution in [0.5, 0.6) is 0 Å². The second kappa shape index (κ2) is 4.87. The average Bonchev–Trinajstić information content (AvgIpc) is 3.00. The molecule has 0 atom stereocenters. The summed E-state index contributed by atoms with van der Waals surface area (Å²) in [6.07, 6.45) is 2.23. The van der Waals surface area contributed by atoms with Crippen LogP contribution in [0.1, 0.15) is 22.8 Å². The standard InChI is InChI=1S/C15H17N7O/c1-9-6-13(22-15(18-9)16-8-17-22)21-5-4-12-11(7-21)14(23)20(3)10(2)19-12/h6,8H,4-5,7H2,1-3H3. The van der Waals surface area contributed by atoms with E-state index < -0.39 is 0 Å². The highest BCUT2D eigenvalue weighted by Gasteiger charge is 2.24. The molecule has 3 aromatic heterocycles. The van der Waals surface area contributed by atoms with E-state index in [9.17, 15) is 4.79 Å². The zero-order valence-electron chi connectivity index (χ0n) is 13.3. The monoisotopic (exact) mass is 311 g/mol. The van der Waals surface area contributed by atoms with E-state index in [1.54, 1.807) is 16.1 Å². The van der Waals surface area contributed by atoms with Crippen molar-refractivity contribution in [3.8, 4) is 0 Å². The van der Waals surface area contributed by atoms with Crippen LogP contribution in [0.25, 0.3) is 5.78 Å². The number of aryl methyl sites for hydroxylation is 2. The third-order valence-corrected chi connectivity index (χ3v) is 4.35. The predicted molar refractivity (Wildman–Crippen MR) is 84.5 cm³/mol. The summed E-state index contributed by atoms with van der Waals surface area (Å²) in [7, 11) is 1.76. The van der Waals surface area contributed by atoms with E-state index in [4.69, 9.17) is 0 Å². The van der Waals surface area contributed by atoms with Crippen molar-refractivity contribution in [2.45, 2.75) is 26.8 Å². The molecule has 1 aliphatic rings. The highest BCUT2D eigenvalue weighted by Crippen LogP contribution is 2.22. The zero-order chi connectivity index (χ0) is 16.1. The van der Waals surface area contributed by atoms with Gasteiger partial charge in [0.05, 0.1) is 17.8 Å². The van der Waals surface area contributed by atoms with Crippen molar-refractivity contribution in [1.82, 2.24) is 29.1 Å². The maximum atomic E-state index is 12.5. The third-order valence-electron chi connectivity index (χ3n) is 4.35. The number of hydrogen-bond acceptors (Lipinski definition) is 6. The molecule has 1 aliphatic heterocycles. The molecule has 4 rings (SSSR count). The fourth-order valence-corrected chi connectivity index (χ4v) is 3.02. The molecule has 3 aromatic rings. The van der Waals surface area contributed by atoms with Crippen molar-refractivity contribution in [1.29, 1.82) is 0 Å². The Bertz CT molecular complexity index is 972. The summed E-state index contributed by atoms with van der Waals surface area (Å²) in [4.78, 5) is 27.8. The minimum atomic E-state index is 0.0258. The summed E-state index contributed by atoms with van der Waals surface area (Å²) in [6, 6.07) is 1.97. The van der Waals surface area contributed by atoms with Gasteiger partial charge in [0.15, 0.2) is 0 Å². The minimum absolute atomic E-state index is 0.0258. The van der Waals surface area contributed by atoms with Crippen molar-refractivity contribution in [3.05, 3.63) is 45.5 Å². The molecule has 8 heteroatoms. The fraction of sp³-hybridized carbons (Fsp3) is 0.400. The quantitative estimate of drug-likeness (QED) is 0.647. The summed E-state index contributed by atoms with van der Waals surface area (Å²) in [5, 5.41) is 4.25. The summed E-state index contributed by atoms with van der Waals surface area (Å²) < 4.78 is 3.31. The summed E-state index contributed by atoms with van der Waals surface area (Å²) in [5.41, 5.74) is 2.56. The molecule has 0 amide bonds. The van der Waals surface area contributed by atoms with Gasteiger partial charge in [-0.1, -0.05) is 0 Å². The van der Waals surface area contributed by atoms with E-state index in [1.165, 1.54) is 6.33 Å². The fourth-order valence-electron chi connectivity index (χ4n) is 3.02. The van der Waals surface area contributed by atoms with Crippen LogP contribution in [-0.2, 0) is 20.0 Å². The first kappa shape index (κ1) is 13.9. The molecule has 23 heavy (non-hydrogen) atoms. The third kappa shape index (κ3) is 2.09. The first-order chi connectivity index (χ1) is 11.0. The number of hydrogen-bond donors (Lipinski definition) is 0. The largest absolute Gasteiger partial charge is 0.351 e. The average molecular weight is 311 g/mol. The van der Waals surface area contributed by atoms with Crippen LogP contribution in [0, 0.1) is 13.8 Å². The lowest BCUT2D eigenvalue weighted by Crippen LogP contribution is -2.39. The molecule has 8 nitrogen and oxygen atoms in total. The zero-order valence-corrected chi connectivity index (χ0v) is 13.3. The maximum Gasteiger partial charge on any atom is 0.258 e. The Morgan fingerprint density at radius 2 is 2.04 bits per heavy atom. The molecule has 0 N–H and O–H groups in total. The van der Waals surface area contributed by atoms with E-state index in [0.29, 0.717) is 12.3 Å². The lowest BCUT2D eigenvalue weighted by molar-refractivity contribution is 0.642. The van der Waals surface area contributed by atoms with Gasteiger partial charge in [-0.2, -0.15) is 14.6 Å². The Morgan fingerprint density at radius 3 is 2.87 bits per heavy atom.